The van der Waals surface area contributed by atoms with E-state index in [2.05, 4.69) is 5.32 Å². The summed E-state index contributed by atoms with van der Waals surface area (Å²) in [6.45, 7) is 0. The van der Waals surface area contributed by atoms with Crippen LogP contribution in [0.1, 0.15) is 32.1 Å². The molecule has 0 saturated heterocycles. The summed E-state index contributed by atoms with van der Waals surface area (Å²) < 4.78 is 0. The van der Waals surface area contributed by atoms with Crippen molar-refractivity contribution in [1.82, 2.24) is 0 Å². The van der Waals surface area contributed by atoms with Gasteiger partial charge in [0.05, 0.1) is 0 Å². The fraction of sp³-hybridized carbons (Fsp3) is 0.316. The van der Waals surface area contributed by atoms with Gasteiger partial charge < -0.3 is 15.5 Å². The number of carbonyl (C=O) groups excluding carboxylic acids is 1. The third-order valence-corrected chi connectivity index (χ3v) is 4.40. The molecule has 0 aromatic heterocycles. The van der Waals surface area contributed by atoms with Crippen LogP contribution < -0.4 is 5.32 Å². The van der Waals surface area contributed by atoms with E-state index in [4.69, 9.17) is 0 Å². The number of phenolic OH excluding ortho intramolecular Hbond substituents is 2. The van der Waals surface area contributed by atoms with E-state index >= 15 is 0 Å². The van der Waals surface area contributed by atoms with Crippen LogP contribution in [-0.4, -0.2) is 16.1 Å². The first kappa shape index (κ1) is 15.4. The Morgan fingerprint density at radius 2 is 1.78 bits per heavy atom. The van der Waals surface area contributed by atoms with Crippen LogP contribution in [0.3, 0.4) is 0 Å². The number of phenols is 2. The van der Waals surface area contributed by atoms with Crippen LogP contribution in [0.4, 0.5) is 5.69 Å². The normalized spacial score (nSPS) is 15.3. The first-order valence-electron chi connectivity index (χ1n) is 8.07. The van der Waals surface area contributed by atoms with E-state index in [1.807, 2.05) is 24.3 Å². The van der Waals surface area contributed by atoms with Crippen molar-refractivity contribution in [2.45, 2.75) is 32.1 Å². The standard InChI is InChI=1S/C19H21NO3/c21-16-9-10-17(18(22)12-16)14-7-4-8-15(11-14)20-19(23)13-5-2-1-3-6-13/h4,7-13,21-22H,1-3,5-6H2,(H,20,23). The van der Waals surface area contributed by atoms with Gasteiger partial charge in [0.2, 0.25) is 5.91 Å². The summed E-state index contributed by atoms with van der Waals surface area (Å²) in [5, 5.41) is 22.3. The molecular weight excluding hydrogens is 290 g/mol. The predicted molar refractivity (Wildman–Crippen MR) is 90.4 cm³/mol. The van der Waals surface area contributed by atoms with Crippen LogP contribution in [0.5, 0.6) is 11.5 Å². The highest BCUT2D eigenvalue weighted by Gasteiger charge is 2.21. The molecule has 4 nitrogen and oxygen atoms in total. The van der Waals surface area contributed by atoms with Crippen molar-refractivity contribution in [1.29, 1.82) is 0 Å². The van der Waals surface area contributed by atoms with Crippen molar-refractivity contribution in [2.75, 3.05) is 5.32 Å². The molecule has 1 amide bonds. The molecular formula is C19H21NO3. The molecule has 120 valence electrons. The highest BCUT2D eigenvalue weighted by atomic mass is 16.3. The summed E-state index contributed by atoms with van der Waals surface area (Å²) >= 11 is 0. The molecule has 0 bridgehead atoms. The SMILES string of the molecule is O=C(Nc1cccc(-c2ccc(O)cc2O)c1)C1CCCCC1. The Balaban J connectivity index is 1.78. The van der Waals surface area contributed by atoms with Gasteiger partial charge in [0.15, 0.2) is 0 Å². The number of aromatic hydroxyl groups is 2. The van der Waals surface area contributed by atoms with E-state index < -0.39 is 0 Å². The topological polar surface area (TPSA) is 69.6 Å². The molecule has 0 radical (unpaired) electrons. The maximum atomic E-state index is 12.3. The third kappa shape index (κ3) is 3.65. The first-order valence-corrected chi connectivity index (χ1v) is 8.07. The lowest BCUT2D eigenvalue weighted by Crippen LogP contribution is -2.24. The molecule has 0 spiro atoms. The van der Waals surface area contributed by atoms with Gasteiger partial charge in [-0.1, -0.05) is 31.4 Å². The van der Waals surface area contributed by atoms with E-state index in [-0.39, 0.29) is 23.3 Å². The van der Waals surface area contributed by atoms with Crippen LogP contribution >= 0.6 is 0 Å². The van der Waals surface area contributed by atoms with Crippen LogP contribution in [0.15, 0.2) is 42.5 Å². The number of nitrogens with one attached hydrogen (secondary N) is 1. The summed E-state index contributed by atoms with van der Waals surface area (Å²) in [5.41, 5.74) is 2.14. The van der Waals surface area contributed by atoms with E-state index in [0.29, 0.717) is 5.56 Å². The summed E-state index contributed by atoms with van der Waals surface area (Å²) in [4.78, 5) is 12.3. The number of carbonyl (C=O) groups is 1. The van der Waals surface area contributed by atoms with Gasteiger partial charge in [-0.05, 0) is 42.7 Å². The van der Waals surface area contributed by atoms with Gasteiger partial charge in [0.1, 0.15) is 11.5 Å². The highest BCUT2D eigenvalue weighted by molar-refractivity contribution is 5.93. The number of hydrogen-bond donors (Lipinski definition) is 3. The van der Waals surface area contributed by atoms with Crippen LogP contribution in [0.25, 0.3) is 11.1 Å². The Bertz CT molecular complexity index is 706. The largest absolute Gasteiger partial charge is 0.508 e. The van der Waals surface area contributed by atoms with Crippen molar-refractivity contribution in [3.63, 3.8) is 0 Å². The molecule has 1 aliphatic rings. The molecule has 3 rings (SSSR count). The lowest BCUT2D eigenvalue weighted by Gasteiger charge is -2.21. The molecule has 1 saturated carbocycles. The summed E-state index contributed by atoms with van der Waals surface area (Å²) in [7, 11) is 0. The molecule has 23 heavy (non-hydrogen) atoms. The zero-order valence-corrected chi connectivity index (χ0v) is 13.0. The van der Waals surface area contributed by atoms with Crippen molar-refractivity contribution in [2.24, 2.45) is 5.92 Å². The minimum atomic E-state index is 0.0146. The second-order valence-electron chi connectivity index (χ2n) is 6.11. The number of rotatable bonds is 3. The fourth-order valence-corrected chi connectivity index (χ4v) is 3.14. The minimum Gasteiger partial charge on any atom is -0.508 e. The third-order valence-electron chi connectivity index (χ3n) is 4.40. The molecule has 0 heterocycles. The van der Waals surface area contributed by atoms with Crippen molar-refractivity contribution in [3.8, 4) is 22.6 Å². The maximum Gasteiger partial charge on any atom is 0.227 e. The highest BCUT2D eigenvalue weighted by Crippen LogP contribution is 2.33. The second kappa shape index (κ2) is 6.73. The molecule has 0 unspecified atom stereocenters. The maximum absolute atomic E-state index is 12.3. The number of anilines is 1. The van der Waals surface area contributed by atoms with E-state index in [9.17, 15) is 15.0 Å². The Morgan fingerprint density at radius 1 is 1.00 bits per heavy atom. The average Bonchev–Trinajstić information content (AvgIpc) is 2.56. The van der Waals surface area contributed by atoms with Crippen molar-refractivity contribution < 1.29 is 15.0 Å². The van der Waals surface area contributed by atoms with Gasteiger partial charge in [-0.25, -0.2) is 0 Å². The minimum absolute atomic E-state index is 0.0146. The summed E-state index contributed by atoms with van der Waals surface area (Å²) in [5.74, 6) is 0.222. The Morgan fingerprint density at radius 3 is 2.52 bits per heavy atom. The van der Waals surface area contributed by atoms with Gasteiger partial charge in [0, 0.05) is 23.2 Å². The Labute approximate surface area is 135 Å². The molecule has 0 atom stereocenters. The number of amides is 1. The predicted octanol–water partition coefficient (Wildman–Crippen LogP) is 4.28. The zero-order chi connectivity index (χ0) is 16.2. The smallest absolute Gasteiger partial charge is 0.227 e. The zero-order valence-electron chi connectivity index (χ0n) is 13.0. The van der Waals surface area contributed by atoms with Gasteiger partial charge in [0.25, 0.3) is 0 Å². The van der Waals surface area contributed by atoms with Crippen LogP contribution in [-0.2, 0) is 4.79 Å². The van der Waals surface area contributed by atoms with Gasteiger partial charge in [-0.3, -0.25) is 4.79 Å². The fourth-order valence-electron chi connectivity index (χ4n) is 3.14. The monoisotopic (exact) mass is 311 g/mol. The van der Waals surface area contributed by atoms with E-state index in [0.717, 1.165) is 36.9 Å². The van der Waals surface area contributed by atoms with Crippen molar-refractivity contribution in [3.05, 3.63) is 42.5 Å². The van der Waals surface area contributed by atoms with Crippen LogP contribution in [0, 0.1) is 5.92 Å². The van der Waals surface area contributed by atoms with Gasteiger partial charge in [-0.15, -0.1) is 0 Å². The first-order chi connectivity index (χ1) is 11.1. The van der Waals surface area contributed by atoms with Crippen molar-refractivity contribution >= 4 is 11.6 Å². The molecule has 4 heteroatoms. The van der Waals surface area contributed by atoms with E-state index in [1.54, 1.807) is 6.07 Å². The Hall–Kier alpha value is -2.49. The summed E-state index contributed by atoms with van der Waals surface area (Å²) in [6, 6.07) is 11.9. The average molecular weight is 311 g/mol. The molecule has 2 aromatic rings. The molecule has 0 aliphatic heterocycles. The second-order valence-corrected chi connectivity index (χ2v) is 6.11. The summed E-state index contributed by atoms with van der Waals surface area (Å²) in [6.07, 6.45) is 5.40. The van der Waals surface area contributed by atoms with Gasteiger partial charge in [-0.2, -0.15) is 0 Å². The quantitative estimate of drug-likeness (QED) is 0.792. The molecule has 1 aliphatic carbocycles. The van der Waals surface area contributed by atoms with E-state index in [1.165, 1.54) is 18.6 Å². The molecule has 2 aromatic carbocycles. The lowest BCUT2D eigenvalue weighted by atomic mass is 9.88. The molecule has 3 N–H and O–H groups in total. The number of hydrogen-bond acceptors (Lipinski definition) is 3. The van der Waals surface area contributed by atoms with Gasteiger partial charge >= 0.3 is 0 Å². The Kier molecular flexibility index (Phi) is 4.51. The lowest BCUT2D eigenvalue weighted by molar-refractivity contribution is -0.120. The number of benzene rings is 2. The van der Waals surface area contributed by atoms with Crippen LogP contribution in [0.2, 0.25) is 0 Å². The molecule has 1 fully saturated rings.